The number of aliphatic hydroxyl groups is 1. The van der Waals surface area contributed by atoms with Crippen molar-refractivity contribution in [1.29, 1.82) is 0 Å². The number of carbonyl (C=O) groups is 2. The molecule has 1 N–H and O–H groups in total. The van der Waals surface area contributed by atoms with Gasteiger partial charge < -0.3 is 24.4 Å². The third-order valence-corrected chi connectivity index (χ3v) is 6.52. The Hall–Kier alpha value is -3.84. The van der Waals surface area contributed by atoms with Crippen LogP contribution in [0.15, 0.2) is 66.2 Å². The number of ketones is 1. The van der Waals surface area contributed by atoms with Gasteiger partial charge in [-0.2, -0.15) is 0 Å². The summed E-state index contributed by atoms with van der Waals surface area (Å²) in [4.78, 5) is 29.9. The van der Waals surface area contributed by atoms with E-state index in [0.717, 1.165) is 27.8 Å². The van der Waals surface area contributed by atoms with Gasteiger partial charge in [0.25, 0.3) is 11.7 Å². The molecule has 0 radical (unpaired) electrons. The van der Waals surface area contributed by atoms with Gasteiger partial charge in [-0.1, -0.05) is 42.5 Å². The van der Waals surface area contributed by atoms with E-state index in [-0.39, 0.29) is 24.5 Å². The average Bonchev–Trinajstić information content (AvgIpc) is 3.11. The molecule has 1 atom stereocenters. The van der Waals surface area contributed by atoms with E-state index in [1.165, 1.54) is 4.90 Å². The zero-order chi connectivity index (χ0) is 23.8. The highest BCUT2D eigenvalue weighted by Gasteiger charge is 2.46. The smallest absolute Gasteiger partial charge is 0.295 e. The molecule has 1 unspecified atom stereocenters. The number of nitrogens with zero attached hydrogens (tertiary/aromatic N) is 2. The van der Waals surface area contributed by atoms with Crippen LogP contribution in [0.5, 0.6) is 5.75 Å². The average molecular weight is 459 g/mol. The van der Waals surface area contributed by atoms with Crippen molar-refractivity contribution >= 4 is 33.9 Å². The lowest BCUT2D eigenvalue weighted by atomic mass is 9.91. The number of anilines is 1. The molecular weight excluding hydrogens is 432 g/mol. The van der Waals surface area contributed by atoms with Crippen LogP contribution in [0.2, 0.25) is 0 Å². The number of likely N-dealkylation sites (tertiary alicyclic amines) is 1. The Kier molecular flexibility index (Phi) is 5.71. The van der Waals surface area contributed by atoms with Crippen molar-refractivity contribution in [1.82, 2.24) is 4.90 Å². The SMILES string of the molecule is COCCN1C(=O)C(=O)/C(=C(/O)c2ccc3c(c2)N(C)CCO3)C1c1cccc2ccccc12. The van der Waals surface area contributed by atoms with Gasteiger partial charge in [-0.3, -0.25) is 9.59 Å². The number of amides is 1. The molecule has 0 aromatic heterocycles. The fourth-order valence-electron chi connectivity index (χ4n) is 4.77. The molecule has 2 aliphatic rings. The van der Waals surface area contributed by atoms with Gasteiger partial charge in [0.15, 0.2) is 0 Å². The molecule has 0 aliphatic carbocycles. The van der Waals surface area contributed by atoms with E-state index >= 15 is 0 Å². The van der Waals surface area contributed by atoms with Crippen LogP contribution >= 0.6 is 0 Å². The van der Waals surface area contributed by atoms with Crippen LogP contribution in [0, 0.1) is 0 Å². The number of hydrogen-bond donors (Lipinski definition) is 1. The molecule has 1 amide bonds. The monoisotopic (exact) mass is 458 g/mol. The fraction of sp³-hybridized carbons (Fsp3) is 0.259. The molecule has 7 heteroatoms. The maximum Gasteiger partial charge on any atom is 0.295 e. The Balaban J connectivity index is 1.70. The van der Waals surface area contributed by atoms with Crippen LogP contribution < -0.4 is 9.64 Å². The van der Waals surface area contributed by atoms with Crippen molar-refractivity contribution in [2.24, 2.45) is 0 Å². The van der Waals surface area contributed by atoms with E-state index in [9.17, 15) is 14.7 Å². The van der Waals surface area contributed by atoms with Crippen molar-refractivity contribution in [3.05, 3.63) is 77.4 Å². The summed E-state index contributed by atoms with van der Waals surface area (Å²) in [6.45, 7) is 1.80. The molecule has 2 heterocycles. The minimum absolute atomic E-state index is 0.0804. The number of hydrogen-bond acceptors (Lipinski definition) is 6. The number of aliphatic hydroxyl groups excluding tert-OH is 1. The predicted molar refractivity (Wildman–Crippen MR) is 130 cm³/mol. The van der Waals surface area contributed by atoms with Crippen LogP contribution in [0.1, 0.15) is 17.2 Å². The number of fused-ring (bicyclic) bond motifs is 2. The van der Waals surface area contributed by atoms with E-state index in [2.05, 4.69) is 0 Å². The Morgan fingerprint density at radius 2 is 1.91 bits per heavy atom. The Morgan fingerprint density at radius 3 is 2.74 bits per heavy atom. The highest BCUT2D eigenvalue weighted by Crippen LogP contribution is 2.42. The van der Waals surface area contributed by atoms with Gasteiger partial charge in [-0.05, 0) is 34.5 Å². The standard InChI is InChI=1S/C27H26N2O5/c1-28-12-15-34-22-11-10-18(16-21(22)28)25(30)23-24(29(13-14-33-2)27(32)26(23)31)20-9-5-7-17-6-3-4-8-19(17)20/h3-11,16,24,30H,12-15H2,1-2H3/b25-23+. The summed E-state index contributed by atoms with van der Waals surface area (Å²) in [7, 11) is 3.50. The first kappa shape index (κ1) is 22.0. The summed E-state index contributed by atoms with van der Waals surface area (Å²) in [6.07, 6.45) is 0. The lowest BCUT2D eigenvalue weighted by Crippen LogP contribution is -2.32. The fourth-order valence-corrected chi connectivity index (χ4v) is 4.77. The first-order chi connectivity index (χ1) is 16.5. The van der Waals surface area contributed by atoms with Crippen LogP contribution in [0.3, 0.4) is 0 Å². The highest BCUT2D eigenvalue weighted by atomic mass is 16.5. The summed E-state index contributed by atoms with van der Waals surface area (Å²) in [5, 5.41) is 13.3. The number of likely N-dealkylation sites (N-methyl/N-ethyl adjacent to an activating group) is 1. The summed E-state index contributed by atoms with van der Waals surface area (Å²) >= 11 is 0. The molecule has 7 nitrogen and oxygen atoms in total. The van der Waals surface area contributed by atoms with E-state index < -0.39 is 17.7 Å². The third-order valence-electron chi connectivity index (χ3n) is 6.52. The number of ether oxygens (including phenoxy) is 2. The lowest BCUT2D eigenvalue weighted by Gasteiger charge is -2.28. The quantitative estimate of drug-likeness (QED) is 0.357. The summed E-state index contributed by atoms with van der Waals surface area (Å²) in [5.74, 6) is -0.821. The van der Waals surface area contributed by atoms with Crippen LogP contribution in [-0.4, -0.2) is 62.2 Å². The molecule has 0 bridgehead atoms. The molecule has 0 saturated carbocycles. The van der Waals surface area contributed by atoms with Crippen molar-refractivity contribution in [3.8, 4) is 5.75 Å². The summed E-state index contributed by atoms with van der Waals surface area (Å²) < 4.78 is 10.9. The topological polar surface area (TPSA) is 79.3 Å². The number of benzene rings is 3. The van der Waals surface area contributed by atoms with Gasteiger partial charge in [0.2, 0.25) is 0 Å². The minimum Gasteiger partial charge on any atom is -0.507 e. The maximum atomic E-state index is 13.3. The van der Waals surface area contributed by atoms with E-state index in [4.69, 9.17) is 9.47 Å². The molecule has 174 valence electrons. The van der Waals surface area contributed by atoms with E-state index in [0.29, 0.717) is 18.7 Å². The molecule has 34 heavy (non-hydrogen) atoms. The first-order valence-corrected chi connectivity index (χ1v) is 11.2. The second-order valence-corrected chi connectivity index (χ2v) is 8.51. The molecule has 3 aromatic carbocycles. The van der Waals surface area contributed by atoms with Gasteiger partial charge >= 0.3 is 0 Å². The molecule has 5 rings (SSSR count). The maximum absolute atomic E-state index is 13.3. The lowest BCUT2D eigenvalue weighted by molar-refractivity contribution is -0.140. The second-order valence-electron chi connectivity index (χ2n) is 8.51. The second kappa shape index (κ2) is 8.83. The van der Waals surface area contributed by atoms with E-state index in [1.54, 1.807) is 25.3 Å². The van der Waals surface area contributed by atoms with Crippen molar-refractivity contribution in [2.75, 3.05) is 45.4 Å². The molecule has 1 saturated heterocycles. The number of rotatable bonds is 5. The number of methoxy groups -OCH3 is 1. The van der Waals surface area contributed by atoms with Crippen molar-refractivity contribution in [3.63, 3.8) is 0 Å². The van der Waals surface area contributed by atoms with Crippen LogP contribution in [0.25, 0.3) is 16.5 Å². The zero-order valence-corrected chi connectivity index (χ0v) is 19.2. The summed E-state index contributed by atoms with van der Waals surface area (Å²) in [5.41, 5.74) is 2.15. The Morgan fingerprint density at radius 1 is 1.12 bits per heavy atom. The van der Waals surface area contributed by atoms with Gasteiger partial charge in [0, 0.05) is 26.3 Å². The van der Waals surface area contributed by atoms with Crippen molar-refractivity contribution in [2.45, 2.75) is 6.04 Å². The Bertz CT molecular complexity index is 1310. The van der Waals surface area contributed by atoms with Crippen LogP contribution in [-0.2, 0) is 14.3 Å². The minimum atomic E-state index is -0.730. The third kappa shape index (κ3) is 3.58. The molecule has 0 spiro atoms. The van der Waals surface area contributed by atoms with Gasteiger partial charge in [0.05, 0.1) is 30.5 Å². The zero-order valence-electron chi connectivity index (χ0n) is 19.2. The summed E-state index contributed by atoms with van der Waals surface area (Å²) in [6, 6.07) is 18.2. The normalized spacial score (nSPS) is 19.4. The van der Waals surface area contributed by atoms with Gasteiger partial charge in [0.1, 0.15) is 18.1 Å². The van der Waals surface area contributed by atoms with Crippen LogP contribution in [0.4, 0.5) is 5.69 Å². The van der Waals surface area contributed by atoms with Gasteiger partial charge in [-0.25, -0.2) is 0 Å². The highest BCUT2D eigenvalue weighted by molar-refractivity contribution is 6.46. The number of carbonyl (C=O) groups excluding carboxylic acids is 2. The molecular formula is C27H26N2O5. The van der Waals surface area contributed by atoms with Gasteiger partial charge in [-0.15, -0.1) is 0 Å². The van der Waals surface area contributed by atoms with Crippen molar-refractivity contribution < 1.29 is 24.2 Å². The van der Waals surface area contributed by atoms with E-state index in [1.807, 2.05) is 54.4 Å². The predicted octanol–water partition coefficient (Wildman–Crippen LogP) is 3.74. The molecule has 2 aliphatic heterocycles. The molecule has 3 aromatic rings. The number of Topliss-reactive ketones (excluding diaryl/α,β-unsaturated/α-hetero) is 1. The molecule has 1 fully saturated rings. The Labute approximate surface area is 197 Å². The largest absolute Gasteiger partial charge is 0.507 e. The first-order valence-electron chi connectivity index (χ1n) is 11.2.